The molecule has 0 saturated heterocycles. The van der Waals surface area contributed by atoms with Crippen LogP contribution in [0.4, 0.5) is 14.5 Å². The fraction of sp³-hybridized carbons (Fsp3) is 0.0714. The van der Waals surface area contributed by atoms with Gasteiger partial charge in [-0.3, -0.25) is 0 Å². The second-order valence-corrected chi connectivity index (χ2v) is 8.01. The molecule has 0 aliphatic carbocycles. The van der Waals surface area contributed by atoms with Crippen LogP contribution < -0.4 is 10.5 Å². The van der Waals surface area contributed by atoms with E-state index in [0.29, 0.717) is 33.4 Å². The van der Waals surface area contributed by atoms with E-state index < -0.39 is 17.6 Å². The minimum atomic E-state index is -1.08. The first-order valence-corrected chi connectivity index (χ1v) is 11.1. The number of fused-ring (bicyclic) bond motifs is 1. The number of amidine groups is 1. The van der Waals surface area contributed by atoms with E-state index in [1.54, 1.807) is 43.3 Å². The molecule has 4 rings (SSSR count). The summed E-state index contributed by atoms with van der Waals surface area (Å²) < 4.78 is 37.7. The van der Waals surface area contributed by atoms with Gasteiger partial charge in [0.1, 0.15) is 17.3 Å². The van der Waals surface area contributed by atoms with Gasteiger partial charge in [-0.2, -0.15) is 4.39 Å². The van der Waals surface area contributed by atoms with E-state index >= 15 is 0 Å². The molecule has 0 aliphatic heterocycles. The van der Waals surface area contributed by atoms with E-state index in [0.717, 1.165) is 6.07 Å². The van der Waals surface area contributed by atoms with Crippen molar-refractivity contribution >= 4 is 34.2 Å². The summed E-state index contributed by atoms with van der Waals surface area (Å²) in [6.45, 7) is 5.47. The van der Waals surface area contributed by atoms with Crippen molar-refractivity contribution in [2.45, 2.75) is 6.92 Å². The van der Waals surface area contributed by atoms with Gasteiger partial charge in [-0.15, -0.1) is 0 Å². The van der Waals surface area contributed by atoms with Crippen LogP contribution in [0.15, 0.2) is 83.9 Å². The monoisotopic (exact) mass is 503 g/mol. The van der Waals surface area contributed by atoms with Crippen molar-refractivity contribution in [1.82, 2.24) is 4.98 Å². The van der Waals surface area contributed by atoms with E-state index in [2.05, 4.69) is 16.6 Å². The predicted molar refractivity (Wildman–Crippen MR) is 138 cm³/mol. The Morgan fingerprint density at radius 3 is 2.59 bits per heavy atom. The van der Waals surface area contributed by atoms with Gasteiger partial charge < -0.3 is 25.3 Å². The quantitative estimate of drug-likeness (QED) is 0.0879. The van der Waals surface area contributed by atoms with E-state index in [1.807, 2.05) is 0 Å². The molecule has 37 heavy (non-hydrogen) atoms. The van der Waals surface area contributed by atoms with Gasteiger partial charge in [0.25, 0.3) is 0 Å². The second kappa shape index (κ2) is 10.4. The Bertz CT molecular complexity index is 1590. The fourth-order valence-electron chi connectivity index (χ4n) is 3.74. The highest BCUT2D eigenvalue weighted by Crippen LogP contribution is 2.31. The average Bonchev–Trinajstić information content (AvgIpc) is 3.33. The molecule has 9 heteroatoms. The number of benzene rings is 3. The summed E-state index contributed by atoms with van der Waals surface area (Å²) in [5.41, 5.74) is 8.72. The number of nitrogens with one attached hydrogen (secondary N) is 1. The molecule has 0 radical (unpaired) electrons. The van der Waals surface area contributed by atoms with Gasteiger partial charge in [-0.05, 0) is 61.0 Å². The Hall–Kier alpha value is -4.92. The molecule has 7 nitrogen and oxygen atoms in total. The van der Waals surface area contributed by atoms with E-state index in [1.165, 1.54) is 31.4 Å². The van der Waals surface area contributed by atoms with Crippen LogP contribution in [0.2, 0.25) is 0 Å². The summed E-state index contributed by atoms with van der Waals surface area (Å²) in [7, 11) is 1.29. The van der Waals surface area contributed by atoms with Gasteiger partial charge in [0.15, 0.2) is 11.6 Å². The van der Waals surface area contributed by atoms with Crippen LogP contribution in [0, 0.1) is 18.6 Å². The Morgan fingerprint density at radius 2 is 1.89 bits per heavy atom. The number of carbonyl (C=O) groups is 1. The summed E-state index contributed by atoms with van der Waals surface area (Å²) in [5.74, 6) is -2.81. The number of aliphatic hydroxyl groups excluding tert-OH is 1. The van der Waals surface area contributed by atoms with Crippen LogP contribution in [-0.2, 0) is 4.74 Å². The number of nitrogens with zero attached hydrogens (tertiary/aromatic N) is 1. The number of hydrogen-bond acceptors (Lipinski definition) is 5. The van der Waals surface area contributed by atoms with E-state index in [-0.39, 0.29) is 28.7 Å². The lowest BCUT2D eigenvalue weighted by atomic mass is 10.1. The lowest BCUT2D eigenvalue weighted by Crippen LogP contribution is -2.15. The molecule has 0 saturated carbocycles. The van der Waals surface area contributed by atoms with Crippen molar-refractivity contribution < 1.29 is 28.2 Å². The molecule has 0 fully saturated rings. The van der Waals surface area contributed by atoms with Crippen LogP contribution in [0.3, 0.4) is 0 Å². The number of carbonyl (C=O) groups excluding carboxylic acids is 1. The number of esters is 1. The lowest BCUT2D eigenvalue weighted by Gasteiger charge is -2.10. The zero-order valence-corrected chi connectivity index (χ0v) is 20.0. The van der Waals surface area contributed by atoms with Gasteiger partial charge in [-0.25, -0.2) is 14.2 Å². The van der Waals surface area contributed by atoms with Crippen molar-refractivity contribution in [3.05, 3.63) is 107 Å². The van der Waals surface area contributed by atoms with Crippen molar-refractivity contribution in [1.29, 1.82) is 0 Å². The molecule has 1 heterocycles. The summed E-state index contributed by atoms with van der Waals surface area (Å²) in [4.78, 5) is 19.5. The third-order valence-electron chi connectivity index (χ3n) is 5.61. The van der Waals surface area contributed by atoms with Gasteiger partial charge in [0.05, 0.1) is 29.6 Å². The lowest BCUT2D eigenvalue weighted by molar-refractivity contribution is 0.0603. The first-order valence-electron chi connectivity index (χ1n) is 11.1. The number of aliphatic imine (C=N–C) groups is 1. The highest BCUT2D eigenvalue weighted by molar-refractivity contribution is 6.08. The molecule has 1 aromatic heterocycles. The average molecular weight is 504 g/mol. The van der Waals surface area contributed by atoms with E-state index in [9.17, 15) is 18.7 Å². The van der Waals surface area contributed by atoms with Crippen molar-refractivity contribution in [3.63, 3.8) is 0 Å². The normalized spacial score (nSPS) is 12.3. The van der Waals surface area contributed by atoms with E-state index in [4.69, 9.17) is 15.2 Å². The van der Waals surface area contributed by atoms with Crippen molar-refractivity contribution in [2.24, 2.45) is 10.7 Å². The number of methoxy groups -OCH3 is 1. The number of aromatic amines is 1. The summed E-state index contributed by atoms with van der Waals surface area (Å²) in [6, 6.07) is 15.1. The number of aliphatic hydroxyl groups is 1. The molecule has 0 spiro atoms. The summed E-state index contributed by atoms with van der Waals surface area (Å²) in [6.07, 6.45) is 1.36. The molecular weight excluding hydrogens is 480 g/mol. The number of H-pyrrole nitrogens is 1. The first-order chi connectivity index (χ1) is 17.7. The largest absolute Gasteiger partial charge is 0.505 e. The Balaban J connectivity index is 1.66. The molecule has 4 aromatic rings. The number of aryl methyl sites for hydroxylation is 1. The SMILES string of the molecule is C=CC(C(N)=Nc1ccc(Oc2cccc(F)c2F)cc1C)=C(O)c1cc2c(C(=O)OC)cccc2[nH]1. The Morgan fingerprint density at radius 1 is 1.14 bits per heavy atom. The van der Waals surface area contributed by atoms with Crippen LogP contribution >= 0.6 is 0 Å². The third kappa shape index (κ3) is 5.06. The van der Waals surface area contributed by atoms with Crippen LogP contribution in [0.1, 0.15) is 21.6 Å². The number of aromatic nitrogens is 1. The Labute approximate surface area is 211 Å². The molecule has 0 atom stereocenters. The molecule has 0 unspecified atom stereocenters. The number of rotatable bonds is 7. The number of ether oxygens (including phenoxy) is 2. The molecule has 188 valence electrons. The zero-order valence-electron chi connectivity index (χ0n) is 20.0. The minimum absolute atomic E-state index is 0.0210. The van der Waals surface area contributed by atoms with Crippen LogP contribution in [0.25, 0.3) is 16.7 Å². The number of nitrogens with two attached hydrogens (primary N) is 1. The smallest absolute Gasteiger partial charge is 0.338 e. The molecule has 0 aliphatic rings. The molecule has 3 aromatic carbocycles. The van der Waals surface area contributed by atoms with Crippen LogP contribution in [0.5, 0.6) is 11.5 Å². The molecule has 4 N–H and O–H groups in total. The topological polar surface area (TPSA) is 110 Å². The number of hydrogen-bond donors (Lipinski definition) is 3. The summed E-state index contributed by atoms with van der Waals surface area (Å²) in [5, 5.41) is 11.5. The second-order valence-electron chi connectivity index (χ2n) is 8.01. The van der Waals surface area contributed by atoms with Gasteiger partial charge in [-0.1, -0.05) is 24.8 Å². The fourth-order valence-corrected chi connectivity index (χ4v) is 3.74. The highest BCUT2D eigenvalue weighted by Gasteiger charge is 2.17. The van der Waals surface area contributed by atoms with Crippen molar-refractivity contribution in [3.8, 4) is 11.5 Å². The predicted octanol–water partition coefficient (Wildman–Crippen LogP) is 6.48. The van der Waals surface area contributed by atoms with Gasteiger partial charge >= 0.3 is 5.97 Å². The molecule has 0 bridgehead atoms. The maximum absolute atomic E-state index is 13.9. The van der Waals surface area contributed by atoms with Crippen molar-refractivity contribution in [2.75, 3.05) is 7.11 Å². The molecule has 0 amide bonds. The van der Waals surface area contributed by atoms with Crippen LogP contribution in [-0.4, -0.2) is 29.0 Å². The zero-order chi connectivity index (χ0) is 26.7. The minimum Gasteiger partial charge on any atom is -0.505 e. The maximum atomic E-state index is 13.9. The van der Waals surface area contributed by atoms with Gasteiger partial charge in [0.2, 0.25) is 5.82 Å². The highest BCUT2D eigenvalue weighted by atomic mass is 19.2. The molecular formula is C28H23F2N3O4. The standard InChI is InChI=1S/C28H23F2N3O4/c1-4-17(26(34)23-14-19-18(28(35)36-3)7-5-9-22(19)32-23)27(31)33-21-12-11-16(13-15(21)2)37-24-10-6-8-20(29)25(24)30/h4-14,32,34H,1H2,2-3H3,(H2,31,33). The Kier molecular flexibility index (Phi) is 7.06. The van der Waals surface area contributed by atoms with Gasteiger partial charge in [0, 0.05) is 10.9 Å². The number of halogens is 2. The first kappa shape index (κ1) is 25.2. The summed E-state index contributed by atoms with van der Waals surface area (Å²) >= 11 is 0. The third-order valence-corrected chi connectivity index (χ3v) is 5.61. The maximum Gasteiger partial charge on any atom is 0.338 e.